The Morgan fingerprint density at radius 3 is 2.06 bits per heavy atom. The largest absolute Gasteiger partial charge is 0.506 e. The second kappa shape index (κ2) is 6.21. The summed E-state index contributed by atoms with van der Waals surface area (Å²) in [5.41, 5.74) is 1.24. The number of benzene rings is 1. The highest BCUT2D eigenvalue weighted by molar-refractivity contribution is 9.11. The molecule has 1 aromatic rings. The fourth-order valence-corrected chi connectivity index (χ4v) is 3.54. The summed E-state index contributed by atoms with van der Waals surface area (Å²) >= 11 is 6.76. The van der Waals surface area contributed by atoms with Crippen LogP contribution in [0.25, 0.3) is 0 Å². The van der Waals surface area contributed by atoms with Crippen molar-refractivity contribution in [1.29, 1.82) is 0 Å². The van der Waals surface area contributed by atoms with E-state index < -0.39 is 0 Å². The maximum atomic E-state index is 9.67. The predicted octanol–water partition coefficient (Wildman–Crippen LogP) is 4.29. The Morgan fingerprint density at radius 1 is 1.00 bits per heavy atom. The molecule has 1 fully saturated rings. The number of likely N-dealkylation sites (tertiary alicyclic amines) is 1. The lowest BCUT2D eigenvalue weighted by atomic mass is 10.2. The van der Waals surface area contributed by atoms with Crippen molar-refractivity contribution in [2.45, 2.75) is 32.2 Å². The molecule has 0 aromatic heterocycles. The Kier molecular flexibility index (Phi) is 4.88. The van der Waals surface area contributed by atoms with Crippen LogP contribution in [0.15, 0.2) is 21.1 Å². The molecule has 1 aliphatic rings. The van der Waals surface area contributed by atoms with Crippen LogP contribution in [0.5, 0.6) is 5.75 Å². The van der Waals surface area contributed by atoms with Crippen molar-refractivity contribution >= 4 is 31.9 Å². The van der Waals surface area contributed by atoms with Gasteiger partial charge in [0, 0.05) is 6.54 Å². The average Bonchev–Trinajstić information content (AvgIpc) is 2.54. The molecule has 1 aliphatic heterocycles. The van der Waals surface area contributed by atoms with Crippen LogP contribution in [-0.2, 0) is 6.54 Å². The zero-order valence-electron chi connectivity index (χ0n) is 9.75. The highest BCUT2D eigenvalue weighted by Gasteiger charge is 2.11. The molecule has 1 N–H and O–H groups in total. The minimum absolute atomic E-state index is 0.282. The van der Waals surface area contributed by atoms with E-state index in [1.54, 1.807) is 0 Å². The monoisotopic (exact) mass is 361 g/mol. The molecule has 0 amide bonds. The van der Waals surface area contributed by atoms with Crippen molar-refractivity contribution < 1.29 is 5.11 Å². The maximum absolute atomic E-state index is 9.67. The van der Waals surface area contributed by atoms with E-state index in [4.69, 9.17) is 0 Å². The molecule has 1 saturated heterocycles. The molecule has 17 heavy (non-hydrogen) atoms. The van der Waals surface area contributed by atoms with E-state index in [1.165, 1.54) is 44.3 Å². The van der Waals surface area contributed by atoms with Gasteiger partial charge in [-0.2, -0.15) is 0 Å². The van der Waals surface area contributed by atoms with Gasteiger partial charge in [0.1, 0.15) is 5.75 Å². The number of nitrogens with zero attached hydrogens (tertiary/aromatic N) is 1. The van der Waals surface area contributed by atoms with Gasteiger partial charge in [0.2, 0.25) is 0 Å². The van der Waals surface area contributed by atoms with Crippen LogP contribution in [-0.4, -0.2) is 23.1 Å². The van der Waals surface area contributed by atoms with Gasteiger partial charge in [0.25, 0.3) is 0 Å². The lowest BCUT2D eigenvalue weighted by Crippen LogP contribution is -2.23. The summed E-state index contributed by atoms with van der Waals surface area (Å²) in [5, 5.41) is 9.67. The number of phenolic OH excluding ortho intramolecular Hbond substituents is 1. The summed E-state index contributed by atoms with van der Waals surface area (Å²) in [6.45, 7) is 3.35. The lowest BCUT2D eigenvalue weighted by Gasteiger charge is -2.20. The van der Waals surface area contributed by atoms with Gasteiger partial charge < -0.3 is 5.11 Å². The van der Waals surface area contributed by atoms with E-state index in [9.17, 15) is 5.11 Å². The summed E-state index contributed by atoms with van der Waals surface area (Å²) in [4.78, 5) is 2.50. The first-order valence-electron chi connectivity index (χ1n) is 6.06. The molecule has 0 aliphatic carbocycles. The third kappa shape index (κ3) is 3.70. The first kappa shape index (κ1) is 13.4. The summed E-state index contributed by atoms with van der Waals surface area (Å²) in [7, 11) is 0. The van der Waals surface area contributed by atoms with Gasteiger partial charge in [-0.25, -0.2) is 0 Å². The molecule has 0 spiro atoms. The number of rotatable bonds is 2. The van der Waals surface area contributed by atoms with Gasteiger partial charge in [-0.1, -0.05) is 12.8 Å². The molecule has 0 saturated carbocycles. The number of aromatic hydroxyl groups is 1. The Labute approximate surface area is 119 Å². The van der Waals surface area contributed by atoms with Gasteiger partial charge in [0.15, 0.2) is 0 Å². The van der Waals surface area contributed by atoms with Crippen LogP contribution in [0.3, 0.4) is 0 Å². The van der Waals surface area contributed by atoms with E-state index >= 15 is 0 Å². The first-order chi connectivity index (χ1) is 8.16. The van der Waals surface area contributed by atoms with Crippen LogP contribution in [0.2, 0.25) is 0 Å². The second-order valence-electron chi connectivity index (χ2n) is 4.60. The van der Waals surface area contributed by atoms with E-state index in [-0.39, 0.29) is 5.75 Å². The van der Waals surface area contributed by atoms with Crippen molar-refractivity contribution in [1.82, 2.24) is 4.90 Å². The zero-order chi connectivity index (χ0) is 12.3. The Bertz CT molecular complexity index is 364. The first-order valence-corrected chi connectivity index (χ1v) is 7.64. The molecule has 0 unspecified atom stereocenters. The van der Waals surface area contributed by atoms with Crippen LogP contribution in [0.1, 0.15) is 31.2 Å². The molecular weight excluding hydrogens is 346 g/mol. The Balaban J connectivity index is 2.07. The van der Waals surface area contributed by atoms with E-state index in [0.717, 1.165) is 15.5 Å². The van der Waals surface area contributed by atoms with Gasteiger partial charge >= 0.3 is 0 Å². The normalized spacial score (nSPS) is 18.0. The third-order valence-corrected chi connectivity index (χ3v) is 4.39. The summed E-state index contributed by atoms with van der Waals surface area (Å²) in [6, 6.07) is 4.01. The smallest absolute Gasteiger partial charge is 0.143 e. The third-order valence-electron chi connectivity index (χ3n) is 3.18. The Hall–Kier alpha value is -0.0600. The fourth-order valence-electron chi connectivity index (χ4n) is 2.26. The topological polar surface area (TPSA) is 23.5 Å². The minimum Gasteiger partial charge on any atom is -0.506 e. The van der Waals surface area contributed by atoms with Crippen LogP contribution < -0.4 is 0 Å². The van der Waals surface area contributed by atoms with Crippen LogP contribution >= 0.6 is 31.9 Å². The van der Waals surface area contributed by atoms with Gasteiger partial charge in [-0.05, 0) is 75.5 Å². The van der Waals surface area contributed by atoms with Crippen molar-refractivity contribution in [3.8, 4) is 5.75 Å². The van der Waals surface area contributed by atoms with E-state index in [0.29, 0.717) is 0 Å². The second-order valence-corrected chi connectivity index (χ2v) is 6.31. The molecule has 4 heteroatoms. The summed E-state index contributed by atoms with van der Waals surface area (Å²) in [5.74, 6) is 0.282. The Morgan fingerprint density at radius 2 is 1.53 bits per heavy atom. The quantitative estimate of drug-likeness (QED) is 0.848. The van der Waals surface area contributed by atoms with Gasteiger partial charge in [0.05, 0.1) is 8.95 Å². The summed E-state index contributed by atoms with van der Waals surface area (Å²) in [6.07, 6.45) is 5.33. The van der Waals surface area contributed by atoms with Crippen LogP contribution in [0.4, 0.5) is 0 Å². The minimum atomic E-state index is 0.282. The standard InChI is InChI=1S/C13H17Br2NO/c14-11-7-10(8-12(15)13(11)17)9-16-5-3-1-2-4-6-16/h7-8,17H,1-6,9H2. The SMILES string of the molecule is Oc1c(Br)cc(CN2CCCCCC2)cc1Br. The summed E-state index contributed by atoms with van der Waals surface area (Å²) < 4.78 is 1.52. The van der Waals surface area contributed by atoms with Crippen molar-refractivity contribution in [2.24, 2.45) is 0 Å². The lowest BCUT2D eigenvalue weighted by molar-refractivity contribution is 0.277. The number of phenols is 1. The molecule has 0 radical (unpaired) electrons. The predicted molar refractivity (Wildman–Crippen MR) is 77.3 cm³/mol. The highest BCUT2D eigenvalue weighted by atomic mass is 79.9. The molecule has 2 rings (SSSR count). The number of hydrogen-bond acceptors (Lipinski definition) is 2. The molecule has 2 nitrogen and oxygen atoms in total. The zero-order valence-corrected chi connectivity index (χ0v) is 12.9. The molecule has 1 heterocycles. The highest BCUT2D eigenvalue weighted by Crippen LogP contribution is 2.33. The van der Waals surface area contributed by atoms with Crippen molar-refractivity contribution in [3.63, 3.8) is 0 Å². The van der Waals surface area contributed by atoms with E-state index in [2.05, 4.69) is 36.8 Å². The van der Waals surface area contributed by atoms with Gasteiger partial charge in [-0.15, -0.1) is 0 Å². The molecular formula is C13H17Br2NO. The van der Waals surface area contributed by atoms with Crippen molar-refractivity contribution in [2.75, 3.05) is 13.1 Å². The number of halogens is 2. The van der Waals surface area contributed by atoms with E-state index in [1.807, 2.05) is 12.1 Å². The van der Waals surface area contributed by atoms with Crippen molar-refractivity contribution in [3.05, 3.63) is 26.6 Å². The molecule has 94 valence electrons. The molecule has 0 atom stereocenters. The molecule has 0 bridgehead atoms. The maximum Gasteiger partial charge on any atom is 0.143 e. The fraction of sp³-hybridized carbons (Fsp3) is 0.538. The average molecular weight is 363 g/mol. The van der Waals surface area contributed by atoms with Crippen LogP contribution in [0, 0.1) is 0 Å². The van der Waals surface area contributed by atoms with Gasteiger partial charge in [-0.3, -0.25) is 4.90 Å². The molecule has 1 aromatic carbocycles. The number of hydrogen-bond donors (Lipinski definition) is 1.